The Kier molecular flexibility index (Phi) is 5.56. The summed E-state index contributed by atoms with van der Waals surface area (Å²) in [6, 6.07) is 16.8. The van der Waals surface area contributed by atoms with Crippen LogP contribution in [0.3, 0.4) is 0 Å². The first kappa shape index (κ1) is 19.5. The molecule has 1 amide bonds. The maximum absolute atomic E-state index is 12.6. The van der Waals surface area contributed by atoms with Gasteiger partial charge in [0.15, 0.2) is 0 Å². The molecular weight excluding hydrogens is 388 g/mol. The molecule has 3 aromatic rings. The second kappa shape index (κ2) is 8.27. The van der Waals surface area contributed by atoms with Crippen LogP contribution in [0, 0.1) is 0 Å². The summed E-state index contributed by atoms with van der Waals surface area (Å²) >= 11 is 5.98. The predicted octanol–water partition coefficient (Wildman–Crippen LogP) is 3.33. The summed E-state index contributed by atoms with van der Waals surface area (Å²) in [5.41, 5.74) is 2.49. The van der Waals surface area contributed by atoms with E-state index in [2.05, 4.69) is 27.0 Å². The summed E-state index contributed by atoms with van der Waals surface area (Å²) in [5, 5.41) is 4.58. The van der Waals surface area contributed by atoms with Gasteiger partial charge in [0.2, 0.25) is 11.5 Å². The van der Waals surface area contributed by atoms with Crippen molar-refractivity contribution in [3.8, 4) is 0 Å². The number of piperazine rings is 1. The monoisotopic (exact) mass is 410 g/mol. The highest BCUT2D eigenvalue weighted by Crippen LogP contribution is 2.22. The minimum absolute atomic E-state index is 0.0411. The van der Waals surface area contributed by atoms with Crippen LogP contribution < -0.4 is 15.8 Å². The van der Waals surface area contributed by atoms with Gasteiger partial charge in [-0.1, -0.05) is 11.6 Å². The van der Waals surface area contributed by atoms with E-state index in [-0.39, 0.29) is 17.5 Å². The lowest BCUT2D eigenvalue weighted by molar-refractivity contribution is -0.117. The first-order valence-corrected chi connectivity index (χ1v) is 10.0. The number of nitrogens with zero attached hydrogens (tertiary/aromatic N) is 2. The van der Waals surface area contributed by atoms with Gasteiger partial charge in [-0.05, 0) is 55.5 Å². The number of rotatable bonds is 4. The topological polar surface area (TPSA) is 68.4 Å². The van der Waals surface area contributed by atoms with Crippen LogP contribution in [0.1, 0.15) is 6.92 Å². The van der Waals surface area contributed by atoms with Gasteiger partial charge >= 0.3 is 0 Å². The van der Waals surface area contributed by atoms with Crippen molar-refractivity contribution in [2.75, 3.05) is 36.4 Å². The number of nitrogens with one attached hydrogen (secondary N) is 2. The second-order valence-corrected chi connectivity index (χ2v) is 7.85. The summed E-state index contributed by atoms with van der Waals surface area (Å²) in [7, 11) is 0. The molecule has 2 N–H and O–H groups in total. The van der Waals surface area contributed by atoms with Gasteiger partial charge in [-0.25, -0.2) is 0 Å². The average molecular weight is 411 g/mol. The Morgan fingerprint density at radius 3 is 2.69 bits per heavy atom. The van der Waals surface area contributed by atoms with Crippen LogP contribution in [0.5, 0.6) is 0 Å². The maximum Gasteiger partial charge on any atom is 0.248 e. The summed E-state index contributed by atoms with van der Waals surface area (Å²) in [4.78, 5) is 31.2. The SMILES string of the molecule is C[C@@H]1CN(c2ccc(Cl)cc2)CCN1CC(=O)Nc1ccc2[nH]c(=O)ccc2c1. The Bertz CT molecular complexity index is 1080. The zero-order valence-corrected chi connectivity index (χ0v) is 16.9. The van der Waals surface area contributed by atoms with Crippen molar-refractivity contribution in [3.05, 3.63) is 70.0 Å². The average Bonchev–Trinajstić information content (AvgIpc) is 2.70. The van der Waals surface area contributed by atoms with Crippen LogP contribution in [0.15, 0.2) is 59.4 Å². The molecule has 6 nitrogen and oxygen atoms in total. The van der Waals surface area contributed by atoms with Crippen LogP contribution in [0.2, 0.25) is 5.02 Å². The second-order valence-electron chi connectivity index (χ2n) is 7.41. The fraction of sp³-hybridized carbons (Fsp3) is 0.273. The van der Waals surface area contributed by atoms with Crippen LogP contribution in [-0.4, -0.2) is 48.0 Å². The third-order valence-corrected chi connectivity index (χ3v) is 5.56. The molecule has 0 saturated carbocycles. The molecule has 1 aromatic heterocycles. The molecule has 4 rings (SSSR count). The molecule has 1 saturated heterocycles. The number of anilines is 2. The number of hydrogen-bond acceptors (Lipinski definition) is 4. The molecule has 1 aliphatic rings. The molecular formula is C22H23ClN4O2. The van der Waals surface area contributed by atoms with Crippen molar-refractivity contribution in [2.24, 2.45) is 0 Å². The number of aromatic nitrogens is 1. The lowest BCUT2D eigenvalue weighted by atomic mass is 10.1. The highest BCUT2D eigenvalue weighted by molar-refractivity contribution is 6.30. The summed E-state index contributed by atoms with van der Waals surface area (Å²) in [6.45, 7) is 5.03. The number of benzene rings is 2. The molecule has 0 aliphatic carbocycles. The van der Waals surface area contributed by atoms with Gasteiger partial charge in [0.05, 0.1) is 6.54 Å². The standard InChI is InChI=1S/C22H23ClN4O2/c1-15-13-27(19-6-3-17(23)4-7-19)11-10-26(15)14-22(29)24-18-5-8-20-16(12-18)2-9-21(28)25-20/h2-9,12,15H,10-11,13-14H2,1H3,(H,24,29)(H,25,28)/t15-/m1/s1. The Hall–Kier alpha value is -2.83. The first-order chi connectivity index (χ1) is 14.0. The number of carbonyl (C=O) groups excluding carboxylic acids is 1. The summed E-state index contributed by atoms with van der Waals surface area (Å²) in [5.74, 6) is -0.0411. The van der Waals surface area contributed by atoms with E-state index in [9.17, 15) is 9.59 Å². The smallest absolute Gasteiger partial charge is 0.248 e. The third-order valence-electron chi connectivity index (χ3n) is 5.31. The molecule has 1 aliphatic heterocycles. The third kappa shape index (κ3) is 4.60. The molecule has 150 valence electrons. The van der Waals surface area contributed by atoms with Crippen molar-refractivity contribution in [3.63, 3.8) is 0 Å². The van der Waals surface area contributed by atoms with E-state index >= 15 is 0 Å². The van der Waals surface area contributed by atoms with Gasteiger partial charge in [-0.2, -0.15) is 0 Å². The minimum atomic E-state index is -0.138. The van der Waals surface area contributed by atoms with Gasteiger partial charge in [-0.15, -0.1) is 0 Å². The molecule has 0 bridgehead atoms. The Morgan fingerprint density at radius 2 is 1.93 bits per heavy atom. The molecule has 2 heterocycles. The number of aromatic amines is 1. The van der Waals surface area contributed by atoms with Gasteiger partial charge in [0, 0.05) is 59.0 Å². The fourth-order valence-electron chi connectivity index (χ4n) is 3.73. The predicted molar refractivity (Wildman–Crippen MR) is 118 cm³/mol. The largest absolute Gasteiger partial charge is 0.369 e. The quantitative estimate of drug-likeness (QED) is 0.692. The molecule has 1 fully saturated rings. The number of hydrogen-bond donors (Lipinski definition) is 2. The molecule has 2 aromatic carbocycles. The number of carbonyl (C=O) groups is 1. The Labute approximate surface area is 174 Å². The van der Waals surface area contributed by atoms with Crippen molar-refractivity contribution in [1.82, 2.24) is 9.88 Å². The minimum Gasteiger partial charge on any atom is -0.369 e. The van der Waals surface area contributed by atoms with Gasteiger partial charge in [-0.3, -0.25) is 14.5 Å². The number of halogens is 1. The van der Waals surface area contributed by atoms with Crippen LogP contribution >= 0.6 is 11.6 Å². The van der Waals surface area contributed by atoms with E-state index in [0.717, 1.165) is 46.9 Å². The number of fused-ring (bicyclic) bond motifs is 1. The van der Waals surface area contributed by atoms with Crippen LogP contribution in [0.4, 0.5) is 11.4 Å². The van der Waals surface area contributed by atoms with Crippen molar-refractivity contribution in [1.29, 1.82) is 0 Å². The molecule has 7 heteroatoms. The zero-order chi connectivity index (χ0) is 20.4. The highest BCUT2D eigenvalue weighted by atomic mass is 35.5. The van der Waals surface area contributed by atoms with E-state index in [1.807, 2.05) is 30.3 Å². The Balaban J connectivity index is 1.36. The normalized spacial score (nSPS) is 17.4. The van der Waals surface area contributed by atoms with Crippen LogP contribution in [0.25, 0.3) is 10.9 Å². The lowest BCUT2D eigenvalue weighted by Crippen LogP contribution is -2.53. The van der Waals surface area contributed by atoms with Crippen molar-refractivity contribution < 1.29 is 4.79 Å². The van der Waals surface area contributed by atoms with Crippen LogP contribution in [-0.2, 0) is 4.79 Å². The first-order valence-electron chi connectivity index (χ1n) is 9.65. The zero-order valence-electron chi connectivity index (χ0n) is 16.2. The fourth-order valence-corrected chi connectivity index (χ4v) is 3.86. The van der Waals surface area contributed by atoms with E-state index in [1.54, 1.807) is 18.2 Å². The van der Waals surface area contributed by atoms with Crippen molar-refractivity contribution in [2.45, 2.75) is 13.0 Å². The number of pyridine rings is 1. The van der Waals surface area contributed by atoms with E-state index < -0.39 is 0 Å². The highest BCUT2D eigenvalue weighted by Gasteiger charge is 2.25. The van der Waals surface area contributed by atoms with Gasteiger partial charge in [0.1, 0.15) is 0 Å². The van der Waals surface area contributed by atoms with E-state index in [0.29, 0.717) is 6.54 Å². The molecule has 0 spiro atoms. The maximum atomic E-state index is 12.6. The number of H-pyrrole nitrogens is 1. The van der Waals surface area contributed by atoms with Gasteiger partial charge < -0.3 is 15.2 Å². The van der Waals surface area contributed by atoms with Gasteiger partial charge in [0.25, 0.3) is 0 Å². The molecule has 1 atom stereocenters. The summed E-state index contributed by atoms with van der Waals surface area (Å²) in [6.07, 6.45) is 0. The van der Waals surface area contributed by atoms with E-state index in [4.69, 9.17) is 11.6 Å². The molecule has 0 unspecified atom stereocenters. The van der Waals surface area contributed by atoms with Crippen molar-refractivity contribution >= 4 is 39.8 Å². The summed E-state index contributed by atoms with van der Waals surface area (Å²) < 4.78 is 0. The lowest BCUT2D eigenvalue weighted by Gasteiger charge is -2.40. The number of amides is 1. The van der Waals surface area contributed by atoms with E-state index in [1.165, 1.54) is 6.07 Å². The Morgan fingerprint density at radius 1 is 1.14 bits per heavy atom. The molecule has 0 radical (unpaired) electrons. The molecule has 29 heavy (non-hydrogen) atoms.